The second-order valence-corrected chi connectivity index (χ2v) is 5.86. The third-order valence-electron chi connectivity index (χ3n) is 3.98. The van der Waals surface area contributed by atoms with E-state index in [-0.39, 0.29) is 5.60 Å². The van der Waals surface area contributed by atoms with E-state index in [0.717, 1.165) is 57.2 Å². The number of piperidine rings is 1. The summed E-state index contributed by atoms with van der Waals surface area (Å²) in [6.07, 6.45) is 2.88. The SMILES string of the molecule is CCc1nc(CN2CCC(CN(C)C)(OC)CC2)no1. The summed E-state index contributed by atoms with van der Waals surface area (Å²) in [4.78, 5) is 8.94. The number of rotatable bonds is 6. The molecule has 0 saturated carbocycles. The van der Waals surface area contributed by atoms with Gasteiger partial charge in [0, 0.05) is 33.2 Å². The minimum Gasteiger partial charge on any atom is -0.377 e. The Morgan fingerprint density at radius 1 is 1.35 bits per heavy atom. The van der Waals surface area contributed by atoms with E-state index in [9.17, 15) is 0 Å². The van der Waals surface area contributed by atoms with Crippen LogP contribution in [0, 0.1) is 0 Å². The van der Waals surface area contributed by atoms with Gasteiger partial charge in [-0.25, -0.2) is 0 Å². The van der Waals surface area contributed by atoms with E-state index in [2.05, 4.69) is 34.0 Å². The normalized spacial score (nSPS) is 19.6. The van der Waals surface area contributed by atoms with Crippen LogP contribution in [-0.4, -0.2) is 66.4 Å². The van der Waals surface area contributed by atoms with Crippen LogP contribution in [0.3, 0.4) is 0 Å². The number of methoxy groups -OCH3 is 1. The molecule has 2 rings (SSSR count). The van der Waals surface area contributed by atoms with Crippen molar-refractivity contribution in [1.82, 2.24) is 19.9 Å². The summed E-state index contributed by atoms with van der Waals surface area (Å²) < 4.78 is 10.9. The van der Waals surface area contributed by atoms with Crippen molar-refractivity contribution in [2.75, 3.05) is 40.8 Å². The highest BCUT2D eigenvalue weighted by molar-refractivity contribution is 4.92. The van der Waals surface area contributed by atoms with E-state index in [0.29, 0.717) is 0 Å². The summed E-state index contributed by atoms with van der Waals surface area (Å²) in [5.41, 5.74) is -0.00810. The quantitative estimate of drug-likeness (QED) is 0.781. The Morgan fingerprint density at radius 2 is 2.05 bits per heavy atom. The number of aromatic nitrogens is 2. The molecular weight excluding hydrogens is 256 g/mol. The molecular formula is C14H26N4O2. The molecule has 0 aliphatic carbocycles. The lowest BCUT2D eigenvalue weighted by atomic mass is 9.90. The first-order valence-corrected chi connectivity index (χ1v) is 7.30. The lowest BCUT2D eigenvalue weighted by Gasteiger charge is -2.41. The Bertz CT molecular complexity index is 411. The van der Waals surface area contributed by atoms with Crippen LogP contribution in [-0.2, 0) is 17.7 Å². The standard InChI is InChI=1S/C14H26N4O2/c1-5-13-15-12(16-20-13)10-18-8-6-14(19-4,7-9-18)11-17(2)3/h5-11H2,1-4H3. The number of aryl methyl sites for hydroxylation is 1. The number of ether oxygens (including phenoxy) is 1. The average molecular weight is 282 g/mol. The van der Waals surface area contributed by atoms with Crippen LogP contribution in [0.2, 0.25) is 0 Å². The molecule has 1 aliphatic heterocycles. The summed E-state index contributed by atoms with van der Waals surface area (Å²) >= 11 is 0. The molecule has 0 atom stereocenters. The molecule has 1 aromatic rings. The fourth-order valence-corrected chi connectivity index (χ4v) is 2.82. The molecule has 0 amide bonds. The van der Waals surface area contributed by atoms with E-state index in [1.165, 1.54) is 0 Å². The molecule has 6 nitrogen and oxygen atoms in total. The monoisotopic (exact) mass is 282 g/mol. The summed E-state index contributed by atoms with van der Waals surface area (Å²) in [7, 11) is 6.02. The number of likely N-dealkylation sites (N-methyl/N-ethyl adjacent to an activating group) is 1. The van der Waals surface area contributed by atoms with Gasteiger partial charge in [0.2, 0.25) is 5.89 Å². The van der Waals surface area contributed by atoms with Gasteiger partial charge in [-0.3, -0.25) is 4.90 Å². The number of likely N-dealkylation sites (tertiary alicyclic amines) is 1. The Balaban J connectivity index is 1.87. The van der Waals surface area contributed by atoms with Gasteiger partial charge in [0.15, 0.2) is 5.82 Å². The predicted octanol–water partition coefficient (Wildman–Crippen LogP) is 1.17. The Kier molecular flexibility index (Phi) is 5.12. The van der Waals surface area contributed by atoms with E-state index >= 15 is 0 Å². The number of hydrogen-bond acceptors (Lipinski definition) is 6. The highest BCUT2D eigenvalue weighted by Gasteiger charge is 2.35. The summed E-state index contributed by atoms with van der Waals surface area (Å²) in [6, 6.07) is 0. The van der Waals surface area contributed by atoms with Crippen LogP contribution in [0.4, 0.5) is 0 Å². The van der Waals surface area contributed by atoms with Gasteiger partial charge in [0.05, 0.1) is 12.1 Å². The van der Waals surface area contributed by atoms with Gasteiger partial charge in [-0.05, 0) is 26.9 Å². The first kappa shape index (κ1) is 15.4. The van der Waals surface area contributed by atoms with Crippen molar-refractivity contribution in [2.45, 2.75) is 38.3 Å². The lowest BCUT2D eigenvalue weighted by Crippen LogP contribution is -2.50. The Labute approximate surface area is 121 Å². The molecule has 6 heteroatoms. The fraction of sp³-hybridized carbons (Fsp3) is 0.857. The van der Waals surface area contributed by atoms with Crippen molar-refractivity contribution in [3.05, 3.63) is 11.7 Å². The fourth-order valence-electron chi connectivity index (χ4n) is 2.82. The maximum Gasteiger partial charge on any atom is 0.226 e. The maximum atomic E-state index is 5.79. The highest BCUT2D eigenvalue weighted by Crippen LogP contribution is 2.27. The zero-order valence-corrected chi connectivity index (χ0v) is 13.1. The first-order valence-electron chi connectivity index (χ1n) is 7.30. The van der Waals surface area contributed by atoms with Crippen molar-refractivity contribution in [1.29, 1.82) is 0 Å². The van der Waals surface area contributed by atoms with Gasteiger partial charge in [-0.1, -0.05) is 12.1 Å². The second kappa shape index (κ2) is 6.65. The topological polar surface area (TPSA) is 54.6 Å². The third-order valence-corrected chi connectivity index (χ3v) is 3.98. The van der Waals surface area contributed by atoms with E-state index < -0.39 is 0 Å². The van der Waals surface area contributed by atoms with Crippen molar-refractivity contribution in [3.63, 3.8) is 0 Å². The molecule has 0 aromatic carbocycles. The van der Waals surface area contributed by atoms with Crippen LogP contribution in [0.1, 0.15) is 31.5 Å². The van der Waals surface area contributed by atoms with Gasteiger partial charge in [-0.15, -0.1) is 0 Å². The molecule has 0 N–H and O–H groups in total. The van der Waals surface area contributed by atoms with Crippen molar-refractivity contribution < 1.29 is 9.26 Å². The van der Waals surface area contributed by atoms with E-state index in [4.69, 9.17) is 9.26 Å². The third kappa shape index (κ3) is 3.77. The minimum atomic E-state index is -0.00810. The average Bonchev–Trinajstić information content (AvgIpc) is 2.88. The minimum absolute atomic E-state index is 0.00810. The molecule has 0 spiro atoms. The molecule has 1 aliphatic rings. The zero-order valence-electron chi connectivity index (χ0n) is 13.1. The number of hydrogen-bond donors (Lipinski definition) is 0. The molecule has 1 fully saturated rings. The zero-order chi connectivity index (χ0) is 14.6. The first-order chi connectivity index (χ1) is 9.57. The van der Waals surface area contributed by atoms with Gasteiger partial charge in [-0.2, -0.15) is 4.98 Å². The summed E-state index contributed by atoms with van der Waals surface area (Å²) in [5, 5.41) is 4.02. The van der Waals surface area contributed by atoms with Crippen LogP contribution < -0.4 is 0 Å². The van der Waals surface area contributed by atoms with Crippen LogP contribution in [0.15, 0.2) is 4.52 Å². The second-order valence-electron chi connectivity index (χ2n) is 5.86. The summed E-state index contributed by atoms with van der Waals surface area (Å²) in [5.74, 6) is 1.51. The lowest BCUT2D eigenvalue weighted by molar-refractivity contribution is -0.0715. The van der Waals surface area contributed by atoms with Crippen LogP contribution >= 0.6 is 0 Å². The predicted molar refractivity (Wildman–Crippen MR) is 76.5 cm³/mol. The van der Waals surface area contributed by atoms with Crippen molar-refractivity contribution in [2.24, 2.45) is 0 Å². The molecule has 20 heavy (non-hydrogen) atoms. The van der Waals surface area contributed by atoms with Gasteiger partial charge >= 0.3 is 0 Å². The molecule has 0 radical (unpaired) electrons. The molecule has 114 valence electrons. The molecule has 0 bridgehead atoms. The molecule has 1 saturated heterocycles. The molecule has 2 heterocycles. The largest absolute Gasteiger partial charge is 0.377 e. The molecule has 0 unspecified atom stereocenters. The maximum absolute atomic E-state index is 5.79. The van der Waals surface area contributed by atoms with Gasteiger partial charge in [0.1, 0.15) is 0 Å². The van der Waals surface area contributed by atoms with E-state index in [1.807, 2.05) is 14.0 Å². The smallest absolute Gasteiger partial charge is 0.226 e. The Hall–Kier alpha value is -0.980. The summed E-state index contributed by atoms with van der Waals surface area (Å²) in [6.45, 7) is 5.78. The Morgan fingerprint density at radius 3 is 2.55 bits per heavy atom. The van der Waals surface area contributed by atoms with Gasteiger partial charge in [0.25, 0.3) is 0 Å². The highest BCUT2D eigenvalue weighted by atomic mass is 16.5. The molecule has 1 aromatic heterocycles. The van der Waals surface area contributed by atoms with E-state index in [1.54, 1.807) is 0 Å². The van der Waals surface area contributed by atoms with Crippen LogP contribution in [0.25, 0.3) is 0 Å². The van der Waals surface area contributed by atoms with Crippen LogP contribution in [0.5, 0.6) is 0 Å². The van der Waals surface area contributed by atoms with Crippen molar-refractivity contribution in [3.8, 4) is 0 Å². The number of nitrogens with zero attached hydrogens (tertiary/aromatic N) is 4. The van der Waals surface area contributed by atoms with Crippen molar-refractivity contribution >= 4 is 0 Å². The van der Waals surface area contributed by atoms with Gasteiger partial charge < -0.3 is 14.2 Å².